The molecule has 0 saturated heterocycles. The number of hydrogen-bond donors (Lipinski definition) is 3. The number of sulfonamides is 1. The Kier molecular flexibility index (Phi) is 5.65. The van der Waals surface area contributed by atoms with Crippen molar-refractivity contribution in [3.63, 3.8) is 0 Å². The van der Waals surface area contributed by atoms with E-state index >= 15 is 0 Å². The molecule has 1 aromatic heterocycles. The number of phenolic OH excluding ortho intramolecular Hbond substituents is 1. The molecule has 0 spiro atoms. The molecule has 0 atom stereocenters. The first-order valence-corrected chi connectivity index (χ1v) is 10.6. The number of phenols is 1. The van der Waals surface area contributed by atoms with Gasteiger partial charge >= 0.3 is 0 Å². The normalized spacial score (nSPS) is 11.6. The molecule has 0 bridgehead atoms. The van der Waals surface area contributed by atoms with Gasteiger partial charge in [0.15, 0.2) is 17.4 Å². The van der Waals surface area contributed by atoms with Gasteiger partial charge in [-0.25, -0.2) is 12.7 Å². The quantitative estimate of drug-likeness (QED) is 0.471. The van der Waals surface area contributed by atoms with Gasteiger partial charge in [-0.1, -0.05) is 18.2 Å². The lowest BCUT2D eigenvalue weighted by molar-refractivity contribution is 0.454. The van der Waals surface area contributed by atoms with Crippen LogP contribution in [-0.4, -0.2) is 40.7 Å². The second-order valence-electron chi connectivity index (χ2n) is 5.63. The van der Waals surface area contributed by atoms with Crippen molar-refractivity contribution in [1.82, 2.24) is 13.1 Å². The van der Waals surface area contributed by atoms with E-state index in [0.29, 0.717) is 11.6 Å². The molecule has 142 valence electrons. The van der Waals surface area contributed by atoms with Crippen molar-refractivity contribution in [3.05, 3.63) is 46.9 Å². The van der Waals surface area contributed by atoms with Crippen LogP contribution in [0, 0.1) is 0 Å². The Morgan fingerprint density at radius 3 is 2.22 bits per heavy atom. The third-order valence-corrected chi connectivity index (χ3v) is 6.69. The lowest BCUT2D eigenvalue weighted by atomic mass is 10.3. The van der Waals surface area contributed by atoms with E-state index in [4.69, 9.17) is 0 Å². The molecule has 3 rings (SSSR count). The highest BCUT2D eigenvalue weighted by Crippen LogP contribution is 2.36. The lowest BCUT2D eigenvalue weighted by Crippen LogP contribution is -2.22. The summed E-state index contributed by atoms with van der Waals surface area (Å²) in [6, 6.07) is 12.0. The van der Waals surface area contributed by atoms with Crippen LogP contribution < -0.4 is 10.6 Å². The topological polar surface area (TPSA) is 107 Å². The number of para-hydroxylation sites is 2. The van der Waals surface area contributed by atoms with Crippen LogP contribution in [0.4, 0.5) is 23.0 Å². The molecule has 3 N–H and O–H groups in total. The molecule has 1 heterocycles. The molecule has 3 aromatic rings. The number of nitrogens with zero attached hydrogens (tertiary/aromatic N) is 3. The van der Waals surface area contributed by atoms with E-state index in [1.165, 1.54) is 20.2 Å². The van der Waals surface area contributed by atoms with Crippen LogP contribution in [0.2, 0.25) is 0 Å². The fraction of sp³-hybridized carbons (Fsp3) is 0.125. The zero-order chi connectivity index (χ0) is 19.6. The van der Waals surface area contributed by atoms with Crippen LogP contribution in [0.3, 0.4) is 0 Å². The minimum atomic E-state index is -3.79. The van der Waals surface area contributed by atoms with Crippen molar-refractivity contribution in [2.24, 2.45) is 0 Å². The number of halogens is 1. The number of hydrogen-bond acceptors (Lipinski definition) is 8. The van der Waals surface area contributed by atoms with E-state index in [2.05, 4.69) is 35.3 Å². The van der Waals surface area contributed by atoms with Crippen molar-refractivity contribution < 1.29 is 13.5 Å². The standard InChI is InChI=1S/C16H16BrN5O3S2/c1-22(2)27(24,25)13-9-5-8-12(14(13)23)19-16-15(20-26-21-16)18-11-7-4-3-6-10(11)17/h3-9,23H,1-2H3,(H,18,20)(H,19,21). The Labute approximate surface area is 169 Å². The molecule has 0 fully saturated rings. The highest BCUT2D eigenvalue weighted by molar-refractivity contribution is 9.10. The smallest absolute Gasteiger partial charge is 0.246 e. The van der Waals surface area contributed by atoms with Crippen LogP contribution >= 0.6 is 27.7 Å². The van der Waals surface area contributed by atoms with Crippen LogP contribution in [-0.2, 0) is 10.0 Å². The van der Waals surface area contributed by atoms with Crippen molar-refractivity contribution >= 4 is 60.7 Å². The minimum absolute atomic E-state index is 0.194. The van der Waals surface area contributed by atoms with Gasteiger partial charge in [0.05, 0.1) is 23.1 Å². The number of aromatic hydroxyl groups is 1. The number of anilines is 4. The first kappa shape index (κ1) is 19.5. The SMILES string of the molecule is CN(C)S(=O)(=O)c1cccc(Nc2nsnc2Nc2ccccc2Br)c1O. The van der Waals surface area contributed by atoms with E-state index in [0.717, 1.165) is 26.2 Å². The maximum absolute atomic E-state index is 12.3. The predicted molar refractivity (Wildman–Crippen MR) is 110 cm³/mol. The summed E-state index contributed by atoms with van der Waals surface area (Å²) >= 11 is 4.43. The van der Waals surface area contributed by atoms with Gasteiger partial charge in [0.25, 0.3) is 0 Å². The third-order valence-electron chi connectivity index (χ3n) is 3.63. The molecule has 27 heavy (non-hydrogen) atoms. The zero-order valence-corrected chi connectivity index (χ0v) is 17.6. The zero-order valence-electron chi connectivity index (χ0n) is 14.3. The summed E-state index contributed by atoms with van der Waals surface area (Å²) in [6.45, 7) is 0. The number of benzene rings is 2. The Morgan fingerprint density at radius 1 is 1.00 bits per heavy atom. The summed E-state index contributed by atoms with van der Waals surface area (Å²) in [7, 11) is -0.982. The minimum Gasteiger partial charge on any atom is -0.504 e. The van der Waals surface area contributed by atoms with Crippen molar-refractivity contribution in [2.75, 3.05) is 24.7 Å². The first-order chi connectivity index (χ1) is 12.8. The van der Waals surface area contributed by atoms with Gasteiger partial charge in [0.1, 0.15) is 4.90 Å². The summed E-state index contributed by atoms with van der Waals surface area (Å²) in [5.74, 6) is 0.434. The number of nitrogens with one attached hydrogen (secondary N) is 2. The van der Waals surface area contributed by atoms with Gasteiger partial charge in [-0.2, -0.15) is 8.75 Å². The number of rotatable bonds is 6. The maximum Gasteiger partial charge on any atom is 0.246 e. The fourth-order valence-electron chi connectivity index (χ4n) is 2.20. The molecule has 0 unspecified atom stereocenters. The Bertz CT molecular complexity index is 1070. The van der Waals surface area contributed by atoms with E-state index in [-0.39, 0.29) is 16.3 Å². The van der Waals surface area contributed by atoms with Crippen LogP contribution in [0.25, 0.3) is 0 Å². The third kappa shape index (κ3) is 4.05. The Balaban J connectivity index is 1.92. The molecule has 0 radical (unpaired) electrons. The molecule has 0 amide bonds. The monoisotopic (exact) mass is 469 g/mol. The largest absolute Gasteiger partial charge is 0.504 e. The van der Waals surface area contributed by atoms with Gasteiger partial charge in [-0.05, 0) is 40.2 Å². The summed E-state index contributed by atoms with van der Waals surface area (Å²) in [5.41, 5.74) is 1.00. The molecular weight excluding hydrogens is 454 g/mol. The predicted octanol–water partition coefficient (Wildman–Crippen LogP) is 3.74. The van der Waals surface area contributed by atoms with Crippen molar-refractivity contribution in [1.29, 1.82) is 0 Å². The van der Waals surface area contributed by atoms with E-state index < -0.39 is 10.0 Å². The average Bonchev–Trinajstić information content (AvgIpc) is 3.05. The summed E-state index contributed by atoms with van der Waals surface area (Å²) in [4.78, 5) is -0.194. The van der Waals surface area contributed by atoms with Gasteiger partial charge < -0.3 is 15.7 Å². The summed E-state index contributed by atoms with van der Waals surface area (Å²) in [6.07, 6.45) is 0. The molecular formula is C16H16BrN5O3S2. The van der Waals surface area contributed by atoms with E-state index in [9.17, 15) is 13.5 Å². The lowest BCUT2D eigenvalue weighted by Gasteiger charge is -2.15. The highest BCUT2D eigenvalue weighted by atomic mass is 79.9. The molecule has 2 aromatic carbocycles. The van der Waals surface area contributed by atoms with Crippen molar-refractivity contribution in [3.8, 4) is 5.75 Å². The van der Waals surface area contributed by atoms with Crippen LogP contribution in [0.5, 0.6) is 5.75 Å². The summed E-state index contributed by atoms with van der Waals surface area (Å²) < 4.78 is 35.0. The molecule has 8 nitrogen and oxygen atoms in total. The summed E-state index contributed by atoms with van der Waals surface area (Å²) in [5, 5.41) is 16.5. The molecule has 0 aliphatic carbocycles. The maximum atomic E-state index is 12.3. The van der Waals surface area contributed by atoms with Gasteiger partial charge in [-0.15, -0.1) is 0 Å². The second kappa shape index (κ2) is 7.80. The Hall–Kier alpha value is -2.21. The second-order valence-corrected chi connectivity index (χ2v) is 9.13. The fourth-order valence-corrected chi connectivity index (χ4v) is 4.05. The highest BCUT2D eigenvalue weighted by Gasteiger charge is 2.23. The van der Waals surface area contributed by atoms with Gasteiger partial charge in [0, 0.05) is 18.6 Å². The van der Waals surface area contributed by atoms with E-state index in [1.54, 1.807) is 12.1 Å². The molecule has 0 aliphatic heterocycles. The van der Waals surface area contributed by atoms with Gasteiger partial charge in [0.2, 0.25) is 10.0 Å². The van der Waals surface area contributed by atoms with Crippen LogP contribution in [0.15, 0.2) is 51.8 Å². The molecule has 11 heteroatoms. The average molecular weight is 470 g/mol. The molecule has 0 saturated carbocycles. The van der Waals surface area contributed by atoms with Gasteiger partial charge in [-0.3, -0.25) is 0 Å². The number of aromatic nitrogens is 2. The van der Waals surface area contributed by atoms with Crippen molar-refractivity contribution in [2.45, 2.75) is 4.90 Å². The van der Waals surface area contributed by atoms with Crippen LogP contribution in [0.1, 0.15) is 0 Å². The first-order valence-electron chi connectivity index (χ1n) is 7.66. The van der Waals surface area contributed by atoms with E-state index in [1.807, 2.05) is 24.3 Å². The Morgan fingerprint density at radius 2 is 1.59 bits per heavy atom. The molecule has 0 aliphatic rings.